The number of methoxy groups -OCH3 is 3. The number of aryl methyl sites for hydroxylation is 1. The van der Waals surface area contributed by atoms with E-state index >= 15 is 0 Å². The lowest BCUT2D eigenvalue weighted by molar-refractivity contribution is 0.301. The van der Waals surface area contributed by atoms with E-state index in [0.717, 1.165) is 18.4 Å². The Labute approximate surface area is 224 Å². The van der Waals surface area contributed by atoms with Gasteiger partial charge in [-0.3, -0.25) is 9.79 Å². The average Bonchev–Trinajstić information content (AvgIpc) is 2.91. The smallest absolute Gasteiger partial charge is 0.264 e. The lowest BCUT2D eigenvalue weighted by atomic mass is 9.95. The normalized spacial score (nSPS) is 12.2. The Morgan fingerprint density at radius 1 is 1.16 bits per heavy atom. The molecule has 0 bridgehead atoms. The first-order chi connectivity index (χ1) is 18.3. The highest BCUT2D eigenvalue weighted by Gasteiger charge is 2.27. The number of aromatic hydroxyl groups is 1. The van der Waals surface area contributed by atoms with Crippen molar-refractivity contribution in [1.82, 2.24) is 4.98 Å². The second-order valence-electron chi connectivity index (χ2n) is 8.32. The van der Waals surface area contributed by atoms with Gasteiger partial charge in [0, 0.05) is 24.7 Å². The maximum atomic E-state index is 13.3. The van der Waals surface area contributed by atoms with Crippen molar-refractivity contribution in [2.24, 2.45) is 4.99 Å². The van der Waals surface area contributed by atoms with Gasteiger partial charge >= 0.3 is 0 Å². The predicted molar refractivity (Wildman–Crippen MR) is 152 cm³/mol. The standard InChI is InChI=1S/C30H38N2O6/c1-9-12-15-21-25(26-23(36-7)16-13-17-24(26)37-8)28(33)27(29(34)32-21)30(31-5)38-19(4)18-20(14-10-2)22(11-3)35-6/h10-11,13-14,16-17H,3-4,9,12,15,18H2,1-2,5-8H3,(H2,32,33,34)/b14-10-,22-20-,31-30?. The summed E-state index contributed by atoms with van der Waals surface area (Å²) in [4.78, 5) is 20.4. The number of nitrogens with zero attached hydrogens (tertiary/aromatic N) is 1. The molecule has 0 amide bonds. The van der Waals surface area contributed by atoms with Gasteiger partial charge in [-0.25, -0.2) is 0 Å². The van der Waals surface area contributed by atoms with E-state index in [1.807, 2.05) is 19.1 Å². The number of hydrogen-bond acceptors (Lipinski definition) is 7. The molecule has 0 aliphatic heterocycles. The van der Waals surface area contributed by atoms with Crippen LogP contribution in [0.4, 0.5) is 0 Å². The summed E-state index contributed by atoms with van der Waals surface area (Å²) in [5.41, 5.74) is 1.58. The van der Waals surface area contributed by atoms with Gasteiger partial charge in [-0.15, -0.1) is 0 Å². The van der Waals surface area contributed by atoms with Crippen molar-refractivity contribution >= 4 is 5.90 Å². The highest BCUT2D eigenvalue weighted by atomic mass is 16.5. The Morgan fingerprint density at radius 3 is 2.32 bits per heavy atom. The van der Waals surface area contributed by atoms with E-state index in [1.165, 1.54) is 21.3 Å². The van der Waals surface area contributed by atoms with Gasteiger partial charge in [0.1, 0.15) is 34.3 Å². The number of H-pyrrole nitrogens is 1. The number of allylic oxidation sites excluding steroid dienone is 4. The van der Waals surface area contributed by atoms with Crippen LogP contribution in [0, 0.1) is 0 Å². The summed E-state index contributed by atoms with van der Waals surface area (Å²) in [5.74, 6) is 1.45. The van der Waals surface area contributed by atoms with Gasteiger partial charge in [-0.2, -0.15) is 0 Å². The summed E-state index contributed by atoms with van der Waals surface area (Å²) in [6, 6.07) is 5.32. The van der Waals surface area contributed by atoms with Crippen LogP contribution in [0.25, 0.3) is 11.1 Å². The molecule has 0 spiro atoms. The molecule has 0 saturated carbocycles. The van der Waals surface area contributed by atoms with Crippen LogP contribution in [0.3, 0.4) is 0 Å². The molecule has 8 nitrogen and oxygen atoms in total. The summed E-state index contributed by atoms with van der Waals surface area (Å²) < 4.78 is 22.5. The van der Waals surface area contributed by atoms with Gasteiger partial charge in [0.2, 0.25) is 5.90 Å². The largest absolute Gasteiger partial charge is 0.506 e. The third-order valence-corrected chi connectivity index (χ3v) is 5.86. The van der Waals surface area contributed by atoms with E-state index in [2.05, 4.69) is 30.1 Å². The second kappa shape index (κ2) is 14.5. The number of pyridine rings is 1. The quantitative estimate of drug-likeness (QED) is 0.143. The van der Waals surface area contributed by atoms with Crippen molar-refractivity contribution in [2.75, 3.05) is 28.4 Å². The molecule has 2 rings (SSSR count). The van der Waals surface area contributed by atoms with Crippen molar-refractivity contribution in [3.05, 3.63) is 88.3 Å². The molecule has 2 aromatic rings. The summed E-state index contributed by atoms with van der Waals surface area (Å²) >= 11 is 0. The molecule has 0 unspecified atom stereocenters. The van der Waals surface area contributed by atoms with Crippen LogP contribution in [0.15, 0.2) is 76.5 Å². The van der Waals surface area contributed by atoms with Crippen molar-refractivity contribution in [2.45, 2.75) is 39.5 Å². The first-order valence-corrected chi connectivity index (χ1v) is 12.4. The Hall–Kier alpha value is -4.20. The van der Waals surface area contributed by atoms with Gasteiger partial charge in [0.05, 0.1) is 32.5 Å². The van der Waals surface area contributed by atoms with E-state index in [4.69, 9.17) is 18.9 Å². The number of nitrogens with one attached hydrogen (secondary N) is 1. The van der Waals surface area contributed by atoms with Crippen LogP contribution in [0.2, 0.25) is 0 Å². The molecule has 0 saturated heterocycles. The lowest BCUT2D eigenvalue weighted by Crippen LogP contribution is -2.23. The fraction of sp³-hybridized carbons (Fsp3) is 0.333. The highest BCUT2D eigenvalue weighted by Crippen LogP contribution is 2.45. The van der Waals surface area contributed by atoms with Crippen LogP contribution < -0.4 is 15.0 Å². The highest BCUT2D eigenvalue weighted by molar-refractivity contribution is 6.00. The molecule has 0 radical (unpaired) electrons. The lowest BCUT2D eigenvalue weighted by Gasteiger charge is -2.20. The zero-order valence-corrected chi connectivity index (χ0v) is 23.1. The number of hydrogen-bond donors (Lipinski definition) is 2. The fourth-order valence-electron chi connectivity index (χ4n) is 4.11. The number of benzene rings is 1. The number of aromatic amines is 1. The molecule has 2 N–H and O–H groups in total. The zero-order valence-electron chi connectivity index (χ0n) is 23.1. The maximum absolute atomic E-state index is 13.3. The van der Waals surface area contributed by atoms with Gasteiger partial charge in [0.15, 0.2) is 0 Å². The van der Waals surface area contributed by atoms with Gasteiger partial charge < -0.3 is 29.0 Å². The van der Waals surface area contributed by atoms with Crippen LogP contribution in [0.1, 0.15) is 44.4 Å². The number of rotatable bonds is 13. The first-order valence-electron chi connectivity index (χ1n) is 12.4. The maximum Gasteiger partial charge on any atom is 0.264 e. The average molecular weight is 523 g/mol. The topological polar surface area (TPSA) is 102 Å². The van der Waals surface area contributed by atoms with Crippen molar-refractivity contribution in [1.29, 1.82) is 0 Å². The molecular formula is C30H38N2O6. The molecule has 0 fully saturated rings. The minimum Gasteiger partial charge on any atom is -0.506 e. The third kappa shape index (κ3) is 6.76. The number of aromatic nitrogens is 1. The Morgan fingerprint density at radius 2 is 1.82 bits per heavy atom. The van der Waals surface area contributed by atoms with Crippen molar-refractivity contribution < 1.29 is 24.1 Å². The summed E-state index contributed by atoms with van der Waals surface area (Å²) in [6.45, 7) is 11.7. The number of unbranched alkanes of at least 4 members (excludes halogenated alkanes) is 1. The molecule has 1 heterocycles. The molecule has 8 heteroatoms. The molecule has 0 aliphatic rings. The van der Waals surface area contributed by atoms with Crippen LogP contribution in [-0.4, -0.2) is 44.4 Å². The fourth-order valence-corrected chi connectivity index (χ4v) is 4.11. The summed E-state index contributed by atoms with van der Waals surface area (Å²) in [5, 5.41) is 11.6. The molecule has 204 valence electrons. The molecule has 0 atom stereocenters. The van der Waals surface area contributed by atoms with Crippen molar-refractivity contribution in [3.8, 4) is 28.4 Å². The molecule has 0 aliphatic carbocycles. The number of aliphatic imine (C=N–C) groups is 1. The monoisotopic (exact) mass is 522 g/mol. The van der Waals surface area contributed by atoms with E-state index < -0.39 is 5.56 Å². The van der Waals surface area contributed by atoms with Crippen molar-refractivity contribution in [3.63, 3.8) is 0 Å². The predicted octanol–water partition coefficient (Wildman–Crippen LogP) is 6.07. The van der Waals surface area contributed by atoms with E-state index in [-0.39, 0.29) is 23.6 Å². The minimum absolute atomic E-state index is 0.0803. The minimum atomic E-state index is -0.535. The van der Waals surface area contributed by atoms with E-state index in [9.17, 15) is 9.90 Å². The van der Waals surface area contributed by atoms with E-state index in [0.29, 0.717) is 46.3 Å². The Bertz CT molecular complexity index is 1280. The molecular weight excluding hydrogens is 484 g/mol. The van der Waals surface area contributed by atoms with Gasteiger partial charge in [0.25, 0.3) is 5.56 Å². The van der Waals surface area contributed by atoms with E-state index in [1.54, 1.807) is 31.4 Å². The first kappa shape index (κ1) is 30.0. The SMILES string of the molecule is C=C/C(OC)=C(\C=C/C)CC(=C)OC(=NC)c1c(O)c(-c2c(OC)cccc2OC)c(CCCC)[nH]c1=O. The summed E-state index contributed by atoms with van der Waals surface area (Å²) in [7, 11) is 6.09. The second-order valence-corrected chi connectivity index (χ2v) is 8.32. The van der Waals surface area contributed by atoms with Crippen LogP contribution >= 0.6 is 0 Å². The molecule has 1 aromatic carbocycles. The zero-order chi connectivity index (χ0) is 28.2. The Kier molecular flexibility index (Phi) is 11.5. The van der Waals surface area contributed by atoms with Gasteiger partial charge in [-0.1, -0.05) is 44.7 Å². The number of ether oxygens (including phenoxy) is 4. The molecule has 1 aromatic heterocycles. The van der Waals surface area contributed by atoms with Gasteiger partial charge in [-0.05, 0) is 38.0 Å². The van der Waals surface area contributed by atoms with Crippen LogP contribution in [-0.2, 0) is 15.9 Å². The Balaban J connectivity index is 2.70. The third-order valence-electron chi connectivity index (χ3n) is 5.86. The summed E-state index contributed by atoms with van der Waals surface area (Å²) in [6.07, 6.45) is 7.80. The van der Waals surface area contributed by atoms with Crippen LogP contribution in [0.5, 0.6) is 17.2 Å². The molecule has 38 heavy (non-hydrogen) atoms.